The minimum absolute atomic E-state index is 0.0400. The summed E-state index contributed by atoms with van der Waals surface area (Å²) >= 11 is 15.8. The van der Waals surface area contributed by atoms with Crippen LogP contribution in [0.3, 0.4) is 0 Å². The number of nitrogen functional groups attached to an aromatic ring is 3. The van der Waals surface area contributed by atoms with E-state index in [0.29, 0.717) is 5.56 Å². The van der Waals surface area contributed by atoms with Crippen molar-refractivity contribution < 1.29 is 103 Å². The Labute approximate surface area is 587 Å². The van der Waals surface area contributed by atoms with E-state index in [2.05, 4.69) is 52.1 Å². The van der Waals surface area contributed by atoms with Crippen LogP contribution in [0, 0.1) is 13.8 Å². The van der Waals surface area contributed by atoms with Gasteiger partial charge in [0.25, 0.3) is 16.7 Å². The lowest BCUT2D eigenvalue weighted by Crippen LogP contribution is -2.41. The molecule has 0 aromatic carbocycles. The fourth-order valence-electron chi connectivity index (χ4n) is 11.5. The third-order valence-electron chi connectivity index (χ3n) is 16.3. The van der Waals surface area contributed by atoms with Crippen LogP contribution in [-0.2, 0) is 112 Å². The number of aliphatic hydroxyl groups is 1. The number of aromatic nitrogens is 12. The van der Waals surface area contributed by atoms with Gasteiger partial charge in [0.15, 0.2) is 47.2 Å². The molecule has 7 unspecified atom stereocenters. The summed E-state index contributed by atoms with van der Waals surface area (Å²) in [4.78, 5) is 117. The molecule has 42 nitrogen and oxygen atoms in total. The topological polar surface area (TPSA) is 539 Å². The van der Waals surface area contributed by atoms with E-state index in [-0.39, 0.29) is 105 Å². The lowest BCUT2D eigenvalue weighted by atomic mass is 10.1. The Morgan fingerprint density at radius 2 is 0.941 bits per heavy atom. The molecule has 19 atom stereocenters. The van der Waals surface area contributed by atoms with Gasteiger partial charge in [0.2, 0.25) is 11.9 Å². The van der Waals surface area contributed by atoms with Gasteiger partial charge in [-0.25, -0.2) is 24.1 Å². The van der Waals surface area contributed by atoms with Gasteiger partial charge in [0.05, 0.1) is 91.4 Å². The number of hydrogen-bond acceptors (Lipinski definition) is 35. The summed E-state index contributed by atoms with van der Waals surface area (Å²) in [5.74, 6) is -0.678. The largest absolute Gasteiger partial charge is 0.387 e. The summed E-state index contributed by atoms with van der Waals surface area (Å²) in [7, 11) is 5.65. The van der Waals surface area contributed by atoms with Crippen molar-refractivity contribution in [1.29, 1.82) is 0 Å². The van der Waals surface area contributed by atoms with Gasteiger partial charge in [0, 0.05) is 52.0 Å². The summed E-state index contributed by atoms with van der Waals surface area (Å²) in [6, 6.07) is 0. The number of H-pyrrole nitrogens is 3. The van der Waals surface area contributed by atoms with Gasteiger partial charge in [-0.05, 0) is 43.9 Å². The number of rotatable bonds is 36. The Bertz CT molecular complexity index is 4320. The second-order valence-corrected chi connectivity index (χ2v) is 31.5. The molecule has 560 valence electrons. The first-order chi connectivity index (χ1) is 48.1. The van der Waals surface area contributed by atoms with Crippen LogP contribution in [0.2, 0.25) is 0 Å². The second kappa shape index (κ2) is 33.9. The van der Waals surface area contributed by atoms with E-state index in [1.54, 1.807) is 13.8 Å². The van der Waals surface area contributed by atoms with Gasteiger partial charge < -0.3 is 98.0 Å². The average molecular weight is 1550 g/mol. The fraction of sp³-hybridized carbons (Fsp3) is 0.660. The number of ether oxygens (including phenoxy) is 12. The van der Waals surface area contributed by atoms with Crippen LogP contribution in [0.1, 0.15) is 49.4 Å². The first kappa shape index (κ1) is 78.3. The van der Waals surface area contributed by atoms with Crippen LogP contribution < -0.4 is 45.3 Å². The van der Waals surface area contributed by atoms with Crippen molar-refractivity contribution in [3.63, 3.8) is 0 Å². The van der Waals surface area contributed by atoms with Crippen LogP contribution in [0.15, 0.2) is 49.0 Å². The molecule has 4 saturated heterocycles. The number of nitrogens with one attached hydrogen (secondary N) is 3. The maximum atomic E-state index is 15.3. The highest BCUT2D eigenvalue weighted by atomic mass is 32.7. The van der Waals surface area contributed by atoms with Gasteiger partial charge in [-0.15, -0.1) is 0 Å². The third-order valence-corrected chi connectivity index (χ3v) is 21.0. The van der Waals surface area contributed by atoms with Crippen molar-refractivity contribution in [2.75, 3.05) is 118 Å². The molecule has 10 rings (SSSR count). The van der Waals surface area contributed by atoms with E-state index >= 15 is 4.57 Å². The van der Waals surface area contributed by atoms with E-state index in [1.807, 2.05) is 0 Å². The minimum Gasteiger partial charge on any atom is -0.387 e. The van der Waals surface area contributed by atoms with Crippen molar-refractivity contribution >= 4 is 96.1 Å². The summed E-state index contributed by atoms with van der Waals surface area (Å²) in [6.07, 6.45) is -17.1. The summed E-state index contributed by atoms with van der Waals surface area (Å²) in [6.45, 7) is -12.2. The number of nitrogens with two attached hydrogens (primary N) is 3. The Morgan fingerprint density at radius 1 is 0.535 bits per heavy atom. The highest BCUT2D eigenvalue weighted by Gasteiger charge is 2.56. The molecule has 12 N–H and O–H groups in total. The van der Waals surface area contributed by atoms with E-state index in [1.165, 1.54) is 69.5 Å². The SMILES string of the molecule is CC[C@H]1O[C@@H](n2cc(C)c(=O)[nH]c2=O)[C@@H](OCCOC)C1OP(O)(=S)OC[C@H]1O[C@@H](n2cnc3c(=O)[nH]c(N)nc32)[C@@H](OCCOC)C1OP(=O)(S)OC[C@H]1O[C@@H](n2cnc3c(=O)[nH]c(N)nc32)[C@@H](OCCOC)C1OP(O)(=S)OC[C@H]1O[C@@H](n2cc(C)c(N)nc2=O)[C@@H](OCCOC)C1O. The van der Waals surface area contributed by atoms with E-state index in [9.17, 15) is 38.9 Å². The van der Waals surface area contributed by atoms with Crippen molar-refractivity contribution in [2.24, 2.45) is 0 Å². The standard InChI is InChI=1S/C53H78N15O27P3S3/c1-8-26-33(37(83-14-10-79-5)47(89-26)66-18-25(3)43(70)64-53(66)74)93-97(76,100)87-20-28-35(39(85-16-12-81-7)49(91-28)68-23-58-31-42(68)61-51(56)63-45(31)72)95-98(77,101)88-21-29-34(38(84-15-11-80-6)48(92-29)67-22-57-30-41(67)60-50(55)62-44(30)71)94-96(75,99)86-19-27-32(69)36(82-13-9-78-4)46(90-27)65-17-24(2)40(54)59-52(65)73/h17-18,22-23,26-29,32-39,46-49,69H,8-16,19-21H2,1-7H3,(H,75,99)(H,76,100)(H,77,101)(H2,54,59,73)(H,64,70,74)(H3,55,60,62,71)(H3,56,61,63,72)/t26-,27-,28-,29-,32?,33?,34?,35?,36+,37+,38+,39+,46-,47-,48-,49-,96?,97?,98?/m1/s1. The molecule has 48 heteroatoms. The number of imidazole rings is 2. The summed E-state index contributed by atoms with van der Waals surface area (Å²) < 4.78 is 129. The van der Waals surface area contributed by atoms with Crippen LogP contribution in [0.5, 0.6) is 0 Å². The zero-order valence-corrected chi connectivity index (χ0v) is 60.2. The van der Waals surface area contributed by atoms with Crippen molar-refractivity contribution in [2.45, 2.75) is 125 Å². The molecular weight excluding hydrogens is 1470 g/mol. The first-order valence-electron chi connectivity index (χ1n) is 30.9. The molecule has 6 aromatic heterocycles. The van der Waals surface area contributed by atoms with Crippen LogP contribution in [-0.4, -0.2) is 247 Å². The number of thiol groups is 1. The molecule has 10 heterocycles. The van der Waals surface area contributed by atoms with Crippen LogP contribution in [0.25, 0.3) is 22.3 Å². The van der Waals surface area contributed by atoms with E-state index < -0.39 is 166 Å². The number of aromatic amines is 3. The van der Waals surface area contributed by atoms with E-state index in [4.69, 9.17) is 125 Å². The lowest BCUT2D eigenvalue weighted by Gasteiger charge is -2.30. The molecule has 0 spiro atoms. The molecule has 4 fully saturated rings. The Balaban J connectivity index is 0.957. The van der Waals surface area contributed by atoms with Crippen molar-refractivity contribution in [3.8, 4) is 0 Å². The average Bonchev–Trinajstić information content (AvgIpc) is 1.63. The zero-order valence-electron chi connectivity index (χ0n) is 55.0. The predicted molar refractivity (Wildman–Crippen MR) is 359 cm³/mol. The van der Waals surface area contributed by atoms with Crippen molar-refractivity contribution in [3.05, 3.63) is 88.2 Å². The van der Waals surface area contributed by atoms with Gasteiger partial charge in [-0.3, -0.25) is 65.7 Å². The number of nitrogens with zero attached hydrogens (tertiary/aromatic N) is 9. The Morgan fingerprint density at radius 3 is 1.43 bits per heavy atom. The maximum absolute atomic E-state index is 15.3. The Hall–Kier alpha value is -5.30. The molecule has 101 heavy (non-hydrogen) atoms. The number of hydrogen-bond donors (Lipinski definition) is 10. The Kier molecular flexibility index (Phi) is 26.2. The smallest absolute Gasteiger partial charge is 0.386 e. The van der Waals surface area contributed by atoms with Crippen LogP contribution >= 0.6 is 32.5 Å². The molecule has 0 bridgehead atoms. The fourth-order valence-corrected chi connectivity index (χ4v) is 15.9. The van der Waals surface area contributed by atoms with Gasteiger partial charge in [0.1, 0.15) is 73.0 Å². The normalized spacial score (nSPS) is 28.7. The van der Waals surface area contributed by atoms with E-state index in [0.717, 1.165) is 9.13 Å². The zero-order chi connectivity index (χ0) is 72.8. The number of anilines is 3. The minimum atomic E-state index is -4.96. The molecule has 4 aliphatic heterocycles. The number of aryl methyl sites for hydroxylation is 2. The number of methoxy groups -OCH3 is 4. The quantitative estimate of drug-likeness (QED) is 0.0123. The first-order valence-corrected chi connectivity index (χ1v) is 38.8. The molecule has 0 amide bonds. The summed E-state index contributed by atoms with van der Waals surface area (Å²) in [5, 5.41) is 11.7. The predicted octanol–water partition coefficient (Wildman–Crippen LogP) is -1.41. The molecule has 0 aliphatic carbocycles. The van der Waals surface area contributed by atoms with Crippen molar-refractivity contribution in [1.82, 2.24) is 58.1 Å². The van der Waals surface area contributed by atoms with Gasteiger partial charge in [-0.1, -0.05) is 19.2 Å². The molecule has 6 aromatic rings. The van der Waals surface area contributed by atoms with Gasteiger partial charge in [-0.2, -0.15) is 15.0 Å². The molecule has 4 aliphatic rings. The second-order valence-electron chi connectivity index (χ2n) is 23.0. The number of fused-ring (bicyclic) bond motifs is 2. The maximum Gasteiger partial charge on any atom is 0.386 e. The monoisotopic (exact) mass is 1550 g/mol. The molecule has 0 saturated carbocycles. The summed E-state index contributed by atoms with van der Waals surface area (Å²) in [5.41, 5.74) is 14.1. The highest BCUT2D eigenvalue weighted by Crippen LogP contribution is 2.59. The third kappa shape index (κ3) is 18.2. The number of aliphatic hydroxyl groups excluding tert-OH is 1. The highest BCUT2D eigenvalue weighted by molar-refractivity contribution is 8.44. The van der Waals surface area contributed by atoms with Crippen LogP contribution in [0.4, 0.5) is 17.7 Å². The molecule has 0 radical (unpaired) electrons. The molecular formula is C53H78N15O27P3S3. The van der Waals surface area contributed by atoms with Gasteiger partial charge >= 0.3 is 31.6 Å². The lowest BCUT2D eigenvalue weighted by molar-refractivity contribution is -0.0826.